The molecule has 0 aliphatic carbocycles. The maximum Gasteiger partial charge on any atom is 0.234 e. The molecule has 1 fully saturated rings. The molecule has 1 aliphatic heterocycles. The van der Waals surface area contributed by atoms with Crippen molar-refractivity contribution < 1.29 is 9.53 Å². The Morgan fingerprint density at radius 3 is 2.68 bits per heavy atom. The molecule has 2 aromatic carbocycles. The molecule has 2 heterocycles. The van der Waals surface area contributed by atoms with E-state index in [0.717, 1.165) is 40.1 Å². The van der Waals surface area contributed by atoms with Crippen LogP contribution in [0.3, 0.4) is 0 Å². The molecule has 0 saturated carbocycles. The van der Waals surface area contributed by atoms with Gasteiger partial charge < -0.3 is 15.0 Å². The van der Waals surface area contributed by atoms with Gasteiger partial charge >= 0.3 is 0 Å². The van der Waals surface area contributed by atoms with E-state index in [1.807, 2.05) is 60.0 Å². The van der Waals surface area contributed by atoms with Crippen molar-refractivity contribution in [1.82, 2.24) is 4.98 Å². The first-order chi connectivity index (χ1) is 13.8. The molecule has 7 heteroatoms. The molecule has 3 aromatic rings. The van der Waals surface area contributed by atoms with Crippen molar-refractivity contribution in [3.63, 3.8) is 0 Å². The molecule has 0 bridgehead atoms. The lowest BCUT2D eigenvalue weighted by molar-refractivity contribution is -0.113. The van der Waals surface area contributed by atoms with Crippen molar-refractivity contribution in [1.29, 1.82) is 0 Å². The predicted molar refractivity (Wildman–Crippen MR) is 116 cm³/mol. The maximum atomic E-state index is 12.5. The minimum Gasteiger partial charge on any atom is -0.378 e. The molecule has 1 amide bonds. The number of carbonyl (C=O) groups is 1. The Bertz CT molecular complexity index is 924. The third-order valence-corrected chi connectivity index (χ3v) is 6.43. The lowest BCUT2D eigenvalue weighted by Crippen LogP contribution is -2.36. The lowest BCUT2D eigenvalue weighted by atomic mass is 10.2. The summed E-state index contributed by atoms with van der Waals surface area (Å²) in [5, 5.41) is 5.08. The van der Waals surface area contributed by atoms with Gasteiger partial charge in [0, 0.05) is 24.0 Å². The Labute approximate surface area is 172 Å². The molecule has 0 atom stereocenters. The van der Waals surface area contributed by atoms with E-state index < -0.39 is 0 Å². The highest BCUT2D eigenvalue weighted by molar-refractivity contribution is 8.01. The van der Waals surface area contributed by atoms with Crippen LogP contribution in [0.1, 0.15) is 0 Å². The van der Waals surface area contributed by atoms with Crippen molar-refractivity contribution in [2.24, 2.45) is 0 Å². The number of carbonyl (C=O) groups excluding carboxylic acids is 1. The minimum atomic E-state index is -0.0258. The topological polar surface area (TPSA) is 54.5 Å². The van der Waals surface area contributed by atoms with Crippen molar-refractivity contribution in [2.45, 2.75) is 4.34 Å². The molecule has 1 saturated heterocycles. The highest BCUT2D eigenvalue weighted by atomic mass is 32.2. The van der Waals surface area contributed by atoms with Crippen LogP contribution in [-0.2, 0) is 9.53 Å². The number of thioether (sulfide) groups is 1. The molecule has 4 rings (SSSR count). The molecule has 1 N–H and O–H groups in total. The molecule has 5 nitrogen and oxygen atoms in total. The number of amides is 1. The molecule has 1 aliphatic rings. The summed E-state index contributed by atoms with van der Waals surface area (Å²) in [7, 11) is 0. The second-order valence-corrected chi connectivity index (χ2v) is 8.40. The van der Waals surface area contributed by atoms with Gasteiger partial charge in [-0.05, 0) is 12.1 Å². The van der Waals surface area contributed by atoms with E-state index in [4.69, 9.17) is 4.74 Å². The van der Waals surface area contributed by atoms with Gasteiger partial charge in [-0.2, -0.15) is 0 Å². The molecule has 144 valence electrons. The third-order valence-electron chi connectivity index (χ3n) is 4.41. The summed E-state index contributed by atoms with van der Waals surface area (Å²) in [5.41, 5.74) is 3.93. The monoisotopic (exact) mass is 411 g/mol. The third kappa shape index (κ3) is 4.73. The van der Waals surface area contributed by atoms with E-state index in [2.05, 4.69) is 15.2 Å². The van der Waals surface area contributed by atoms with Crippen LogP contribution in [0, 0.1) is 0 Å². The van der Waals surface area contributed by atoms with Crippen molar-refractivity contribution >= 4 is 40.4 Å². The lowest BCUT2D eigenvalue weighted by Gasteiger charge is -2.30. The first-order valence-corrected chi connectivity index (χ1v) is 11.0. The Hall–Kier alpha value is -2.35. The second kappa shape index (κ2) is 9.23. The zero-order valence-corrected chi connectivity index (χ0v) is 17.0. The Kier molecular flexibility index (Phi) is 6.26. The largest absolute Gasteiger partial charge is 0.378 e. The summed E-state index contributed by atoms with van der Waals surface area (Å²) in [4.78, 5) is 19.4. The van der Waals surface area contributed by atoms with E-state index >= 15 is 0 Å². The first-order valence-electron chi connectivity index (χ1n) is 9.15. The zero-order chi connectivity index (χ0) is 19.2. The van der Waals surface area contributed by atoms with Crippen LogP contribution < -0.4 is 10.2 Å². The van der Waals surface area contributed by atoms with Crippen LogP contribution in [0.4, 0.5) is 11.4 Å². The van der Waals surface area contributed by atoms with Gasteiger partial charge in [-0.1, -0.05) is 54.2 Å². The van der Waals surface area contributed by atoms with Gasteiger partial charge in [0.05, 0.1) is 36.0 Å². The Morgan fingerprint density at radius 2 is 1.86 bits per heavy atom. The number of morpholine rings is 1. The summed E-state index contributed by atoms with van der Waals surface area (Å²) >= 11 is 3.03. The number of hydrogen-bond acceptors (Lipinski definition) is 6. The fourth-order valence-electron chi connectivity index (χ4n) is 3.04. The normalized spacial score (nSPS) is 14.1. The van der Waals surface area contributed by atoms with E-state index in [1.165, 1.54) is 11.8 Å². The number of anilines is 2. The molecule has 0 radical (unpaired) electrons. The Balaban J connectivity index is 1.36. The fraction of sp³-hybridized carbons (Fsp3) is 0.238. The maximum absolute atomic E-state index is 12.5. The smallest absolute Gasteiger partial charge is 0.234 e. The van der Waals surface area contributed by atoms with Crippen LogP contribution >= 0.6 is 23.1 Å². The van der Waals surface area contributed by atoms with E-state index in [1.54, 1.807) is 11.3 Å². The number of nitrogens with zero attached hydrogens (tertiary/aromatic N) is 2. The Morgan fingerprint density at radius 1 is 1.11 bits per heavy atom. The van der Waals surface area contributed by atoms with Gasteiger partial charge in [-0.15, -0.1) is 11.3 Å². The predicted octanol–water partition coefficient (Wildman–Crippen LogP) is 4.38. The van der Waals surface area contributed by atoms with Crippen LogP contribution in [-0.4, -0.2) is 42.9 Å². The quantitative estimate of drug-likeness (QED) is 0.610. The second-order valence-electron chi connectivity index (χ2n) is 6.32. The number of nitrogens with one attached hydrogen (secondary N) is 1. The SMILES string of the molecule is O=C(CSc1nc(-c2ccccc2)cs1)Nc1ccccc1N1CCOCC1. The minimum absolute atomic E-state index is 0.0258. The standard InChI is InChI=1S/C21H21N3O2S2/c25-20(15-28-21-23-18(14-27-21)16-6-2-1-3-7-16)22-17-8-4-5-9-19(17)24-10-12-26-13-11-24/h1-9,14H,10-13,15H2,(H,22,25). The van der Waals surface area contributed by atoms with Crippen molar-refractivity contribution in [2.75, 3.05) is 42.3 Å². The van der Waals surface area contributed by atoms with E-state index in [-0.39, 0.29) is 5.91 Å². The number of hydrogen-bond donors (Lipinski definition) is 1. The molecule has 1 aromatic heterocycles. The van der Waals surface area contributed by atoms with Gasteiger partial charge in [0.2, 0.25) is 5.91 Å². The summed E-state index contributed by atoms with van der Waals surface area (Å²) in [5.74, 6) is 0.307. The van der Waals surface area contributed by atoms with Crippen LogP contribution in [0.2, 0.25) is 0 Å². The van der Waals surface area contributed by atoms with Crippen molar-refractivity contribution in [3.05, 3.63) is 60.0 Å². The average Bonchev–Trinajstić information content (AvgIpc) is 3.23. The number of benzene rings is 2. The molecule has 0 spiro atoms. The highest BCUT2D eigenvalue weighted by Gasteiger charge is 2.16. The van der Waals surface area contributed by atoms with Crippen LogP contribution in [0.15, 0.2) is 64.3 Å². The van der Waals surface area contributed by atoms with E-state index in [9.17, 15) is 4.79 Å². The molecular formula is C21H21N3O2S2. The number of aromatic nitrogens is 1. The van der Waals surface area contributed by atoms with Gasteiger partial charge in [-0.3, -0.25) is 4.79 Å². The first kappa shape index (κ1) is 19.0. The summed E-state index contributed by atoms with van der Waals surface area (Å²) < 4.78 is 6.32. The van der Waals surface area contributed by atoms with Crippen LogP contribution in [0.25, 0.3) is 11.3 Å². The number of thiazole rings is 1. The molecule has 0 unspecified atom stereocenters. The van der Waals surface area contributed by atoms with Gasteiger partial charge in [0.1, 0.15) is 0 Å². The van der Waals surface area contributed by atoms with Gasteiger partial charge in [0.15, 0.2) is 4.34 Å². The van der Waals surface area contributed by atoms with Crippen LogP contribution in [0.5, 0.6) is 0 Å². The van der Waals surface area contributed by atoms with Gasteiger partial charge in [-0.25, -0.2) is 4.98 Å². The van der Waals surface area contributed by atoms with Crippen molar-refractivity contribution in [3.8, 4) is 11.3 Å². The summed E-state index contributed by atoms with van der Waals surface area (Å²) in [6, 6.07) is 18.0. The number of para-hydroxylation sites is 2. The average molecular weight is 412 g/mol. The van der Waals surface area contributed by atoms with Gasteiger partial charge in [0.25, 0.3) is 0 Å². The summed E-state index contributed by atoms with van der Waals surface area (Å²) in [6.45, 7) is 3.10. The molecular weight excluding hydrogens is 390 g/mol. The fourth-order valence-corrected chi connectivity index (χ4v) is 4.67. The van der Waals surface area contributed by atoms with E-state index in [0.29, 0.717) is 19.0 Å². The number of ether oxygens (including phenoxy) is 1. The highest BCUT2D eigenvalue weighted by Crippen LogP contribution is 2.29. The zero-order valence-electron chi connectivity index (χ0n) is 15.3. The number of rotatable bonds is 6. The molecule has 28 heavy (non-hydrogen) atoms. The summed E-state index contributed by atoms with van der Waals surface area (Å²) in [6.07, 6.45) is 0.